The molecule has 1 fully saturated rings. The first-order chi connectivity index (χ1) is 17.0. The normalized spacial score (nSPS) is 17.9. The van der Waals surface area contributed by atoms with Crippen molar-refractivity contribution in [3.8, 4) is 0 Å². The van der Waals surface area contributed by atoms with E-state index in [1.165, 1.54) is 9.13 Å². The Morgan fingerprint density at radius 2 is 1.89 bits per heavy atom. The highest BCUT2D eigenvalue weighted by molar-refractivity contribution is 5.96. The molecular weight excluding hydrogens is 462 g/mol. The number of nitrogens with two attached hydrogens (primary N) is 1. The molecule has 1 saturated heterocycles. The van der Waals surface area contributed by atoms with Gasteiger partial charge in [0.15, 0.2) is 5.69 Å². The second-order valence-electron chi connectivity index (χ2n) is 10.4. The van der Waals surface area contributed by atoms with Gasteiger partial charge in [0.25, 0.3) is 11.5 Å². The van der Waals surface area contributed by atoms with Crippen LogP contribution in [0.5, 0.6) is 0 Å². The maximum Gasteiger partial charge on any atom is 0.333 e. The zero-order valence-electron chi connectivity index (χ0n) is 21.8. The fourth-order valence-corrected chi connectivity index (χ4v) is 4.55. The molecule has 4 N–H and O–H groups in total. The first-order valence-electron chi connectivity index (χ1n) is 12.6. The van der Waals surface area contributed by atoms with Crippen LogP contribution in [-0.4, -0.2) is 60.5 Å². The van der Waals surface area contributed by atoms with Crippen molar-refractivity contribution in [2.24, 2.45) is 0 Å². The average molecular weight is 503 g/mol. The van der Waals surface area contributed by atoms with Gasteiger partial charge in [-0.3, -0.25) is 23.2 Å². The number of unbranched alkanes of at least 4 members (excludes halogenated alkanes) is 3. The molecule has 1 amide bonds. The number of rotatable bonds is 11. The number of quaternary nitrogens is 1. The van der Waals surface area contributed by atoms with E-state index in [4.69, 9.17) is 10.5 Å². The summed E-state index contributed by atoms with van der Waals surface area (Å²) >= 11 is 0. The molecule has 10 heteroatoms. The van der Waals surface area contributed by atoms with E-state index < -0.39 is 6.23 Å². The summed E-state index contributed by atoms with van der Waals surface area (Å²) in [5, 5.41) is 12.2. The Morgan fingerprint density at radius 3 is 2.53 bits per heavy atom. The van der Waals surface area contributed by atoms with E-state index in [0.29, 0.717) is 53.6 Å². The quantitative estimate of drug-likeness (QED) is 0.244. The molecule has 0 spiro atoms. The first kappa shape index (κ1) is 27.6. The van der Waals surface area contributed by atoms with Crippen molar-refractivity contribution < 1.29 is 14.6 Å². The maximum atomic E-state index is 12.9. The van der Waals surface area contributed by atoms with Gasteiger partial charge in [-0.1, -0.05) is 12.8 Å². The van der Waals surface area contributed by atoms with Crippen molar-refractivity contribution in [1.29, 1.82) is 0 Å². The Kier molecular flexibility index (Phi) is 9.10. The number of aromatic nitrogens is 2. The minimum atomic E-state index is -0.456. The number of aliphatic hydroxyl groups is 1. The molecule has 0 saturated carbocycles. The van der Waals surface area contributed by atoms with Crippen molar-refractivity contribution >= 4 is 17.3 Å². The zero-order chi connectivity index (χ0) is 26.5. The van der Waals surface area contributed by atoms with Gasteiger partial charge in [-0.2, -0.15) is 0 Å². The zero-order valence-corrected chi connectivity index (χ0v) is 21.8. The highest BCUT2D eigenvalue weighted by Crippen LogP contribution is 2.27. The van der Waals surface area contributed by atoms with Gasteiger partial charge in [-0.05, 0) is 44.7 Å². The number of nitrogen functional groups attached to an aromatic ring is 1. The molecule has 10 nitrogen and oxygen atoms in total. The number of nitrogens with zero attached hydrogens (tertiary/aromatic N) is 3. The number of amides is 1. The number of aryl methyl sites for hydroxylation is 1. The Morgan fingerprint density at radius 1 is 1.17 bits per heavy atom. The number of hydrogen-bond acceptors (Lipinski definition) is 6. The number of ether oxygens (including phenoxy) is 1. The molecule has 3 rings (SSSR count). The third-order valence-corrected chi connectivity index (χ3v) is 6.57. The third kappa shape index (κ3) is 6.63. The number of anilines is 1. The van der Waals surface area contributed by atoms with Crippen LogP contribution >= 0.6 is 0 Å². The fraction of sp³-hybridized carbons (Fsp3) is 0.577. The Hall–Kier alpha value is -2.95. The molecule has 36 heavy (non-hydrogen) atoms. The molecule has 0 aliphatic carbocycles. The van der Waals surface area contributed by atoms with Gasteiger partial charge in [0.2, 0.25) is 0 Å². The van der Waals surface area contributed by atoms with E-state index in [0.717, 1.165) is 24.9 Å². The van der Waals surface area contributed by atoms with Gasteiger partial charge in [0.1, 0.15) is 6.23 Å². The van der Waals surface area contributed by atoms with Crippen LogP contribution in [0.4, 0.5) is 11.4 Å². The largest absolute Gasteiger partial charge is 0.394 e. The van der Waals surface area contributed by atoms with Crippen LogP contribution in [0, 0.1) is 6.92 Å². The summed E-state index contributed by atoms with van der Waals surface area (Å²) in [5.41, 5.74) is 8.04. The smallest absolute Gasteiger partial charge is 0.333 e. The molecule has 0 unspecified atom stereocenters. The molecule has 1 aliphatic heterocycles. The van der Waals surface area contributed by atoms with Crippen LogP contribution in [0.15, 0.2) is 34.0 Å². The summed E-state index contributed by atoms with van der Waals surface area (Å²) in [6.07, 6.45) is 5.29. The van der Waals surface area contributed by atoms with Crippen LogP contribution < -0.4 is 26.8 Å². The second kappa shape index (κ2) is 11.9. The highest BCUT2D eigenvalue weighted by Gasteiger charge is 2.27. The van der Waals surface area contributed by atoms with E-state index in [1.54, 1.807) is 25.3 Å². The van der Waals surface area contributed by atoms with Gasteiger partial charge in [-0.15, -0.1) is 0 Å². The molecular formula is C26H40N5O5+. The van der Waals surface area contributed by atoms with Crippen molar-refractivity contribution in [2.75, 3.05) is 40.0 Å². The summed E-state index contributed by atoms with van der Waals surface area (Å²) in [6.45, 7) is 2.48. The molecule has 2 aromatic rings. The summed E-state index contributed by atoms with van der Waals surface area (Å²) in [4.78, 5) is 37.9. The molecule has 2 atom stereocenters. The standard InChI is InChI=1S/C26H39N5O5/c1-18-16-30(23-12-10-20(17-32)36-23)26(35)29(25(18)34)14-8-6-5-7-13-28-24(33)19-9-11-22(21(27)15-19)31(2,3)4/h9,11,15-16,20,23,32H,5-8,10,12-14,17,27H2,1-4H3/p+1/t20-,23+/m0/s1. The molecule has 1 aromatic heterocycles. The van der Waals surface area contributed by atoms with E-state index in [9.17, 15) is 19.5 Å². The van der Waals surface area contributed by atoms with Crippen LogP contribution in [0.25, 0.3) is 0 Å². The third-order valence-electron chi connectivity index (χ3n) is 6.57. The van der Waals surface area contributed by atoms with Crippen LogP contribution in [0.2, 0.25) is 0 Å². The minimum Gasteiger partial charge on any atom is -0.394 e. The summed E-state index contributed by atoms with van der Waals surface area (Å²) in [6, 6.07) is 5.38. The van der Waals surface area contributed by atoms with E-state index in [1.807, 2.05) is 27.2 Å². The average Bonchev–Trinajstić information content (AvgIpc) is 3.30. The van der Waals surface area contributed by atoms with Crippen molar-refractivity contribution in [1.82, 2.24) is 18.9 Å². The summed E-state index contributed by atoms with van der Waals surface area (Å²) in [7, 11) is 6.06. The number of nitrogens with one attached hydrogen (secondary N) is 1. The minimum absolute atomic E-state index is 0.0821. The lowest BCUT2D eigenvalue weighted by Crippen LogP contribution is -2.42. The van der Waals surface area contributed by atoms with E-state index >= 15 is 0 Å². The second-order valence-corrected chi connectivity index (χ2v) is 10.4. The van der Waals surface area contributed by atoms with Crippen LogP contribution in [-0.2, 0) is 11.3 Å². The Labute approximate surface area is 211 Å². The van der Waals surface area contributed by atoms with Gasteiger partial charge in [-0.25, -0.2) is 4.79 Å². The molecule has 198 valence electrons. The van der Waals surface area contributed by atoms with Crippen molar-refractivity contribution in [3.63, 3.8) is 0 Å². The number of carbonyl (C=O) groups is 1. The lowest BCUT2D eigenvalue weighted by Gasteiger charge is -2.25. The lowest BCUT2D eigenvalue weighted by molar-refractivity contribution is -0.0253. The van der Waals surface area contributed by atoms with E-state index in [-0.39, 0.29) is 29.9 Å². The molecule has 1 aromatic carbocycles. The molecule has 1 aliphatic rings. The van der Waals surface area contributed by atoms with Gasteiger partial charge in [0, 0.05) is 36.5 Å². The SMILES string of the molecule is Cc1cn([C@H]2CC[C@@H](CO)O2)c(=O)n(CCCCCCNC(=O)c2ccc([N+](C)(C)C)c(N)c2)c1=O. The van der Waals surface area contributed by atoms with Crippen molar-refractivity contribution in [3.05, 3.63) is 56.4 Å². The number of carbonyl (C=O) groups excluding carboxylic acids is 1. The molecule has 0 radical (unpaired) electrons. The topological polar surface area (TPSA) is 129 Å². The summed E-state index contributed by atoms with van der Waals surface area (Å²) in [5.74, 6) is -0.154. The number of hydrogen-bond donors (Lipinski definition) is 3. The van der Waals surface area contributed by atoms with Gasteiger partial charge in [0.05, 0.1) is 39.5 Å². The van der Waals surface area contributed by atoms with Crippen LogP contribution in [0.1, 0.15) is 60.7 Å². The van der Waals surface area contributed by atoms with Crippen molar-refractivity contribution in [2.45, 2.75) is 64.3 Å². The predicted molar refractivity (Wildman–Crippen MR) is 141 cm³/mol. The first-order valence-corrected chi connectivity index (χ1v) is 12.6. The maximum absolute atomic E-state index is 12.9. The predicted octanol–water partition coefficient (Wildman–Crippen LogP) is 1.76. The Balaban J connectivity index is 1.45. The molecule has 2 heterocycles. The fourth-order valence-electron chi connectivity index (χ4n) is 4.55. The highest BCUT2D eigenvalue weighted by atomic mass is 16.5. The lowest BCUT2D eigenvalue weighted by atomic mass is 10.1. The Bertz CT molecular complexity index is 1180. The van der Waals surface area contributed by atoms with E-state index in [2.05, 4.69) is 5.32 Å². The number of benzene rings is 1. The van der Waals surface area contributed by atoms with Gasteiger partial charge >= 0.3 is 5.69 Å². The molecule has 0 bridgehead atoms. The summed E-state index contributed by atoms with van der Waals surface area (Å²) < 4.78 is 9.06. The van der Waals surface area contributed by atoms with Crippen LogP contribution in [0.3, 0.4) is 0 Å². The number of aliphatic hydroxyl groups excluding tert-OH is 1. The monoisotopic (exact) mass is 502 g/mol. The van der Waals surface area contributed by atoms with Gasteiger partial charge < -0.3 is 20.9 Å².